The Morgan fingerprint density at radius 2 is 2.19 bits per heavy atom. The number of fused-ring (bicyclic) bond motifs is 1. The van der Waals surface area contributed by atoms with Gasteiger partial charge in [-0.05, 0) is 49.8 Å². The van der Waals surface area contributed by atoms with Crippen molar-refractivity contribution in [2.24, 2.45) is 5.92 Å². The summed E-state index contributed by atoms with van der Waals surface area (Å²) in [6, 6.07) is 7.91. The molecule has 6 heteroatoms. The number of aromatic amines is 1. The number of aryl methyl sites for hydroxylation is 1. The minimum atomic E-state index is -0.0740. The summed E-state index contributed by atoms with van der Waals surface area (Å²) >= 11 is 0. The second kappa shape index (κ2) is 7.18. The van der Waals surface area contributed by atoms with Gasteiger partial charge in [0, 0.05) is 19.0 Å². The van der Waals surface area contributed by atoms with E-state index >= 15 is 0 Å². The molecule has 0 radical (unpaired) electrons. The monoisotopic (exact) mass is 366 g/mol. The summed E-state index contributed by atoms with van der Waals surface area (Å²) in [5.74, 6) is 2.01. The molecule has 1 unspecified atom stereocenters. The zero-order valence-corrected chi connectivity index (χ0v) is 16.2. The van der Waals surface area contributed by atoms with Crippen LogP contribution >= 0.6 is 0 Å². The number of piperidine rings is 1. The number of amides is 1. The fourth-order valence-electron chi connectivity index (χ4n) is 3.82. The second-order valence-corrected chi connectivity index (χ2v) is 7.93. The summed E-state index contributed by atoms with van der Waals surface area (Å²) in [5.41, 5.74) is 3.54. The van der Waals surface area contributed by atoms with Gasteiger partial charge in [0.1, 0.15) is 11.6 Å². The summed E-state index contributed by atoms with van der Waals surface area (Å²) in [6.45, 7) is 7.02. The van der Waals surface area contributed by atoms with Gasteiger partial charge in [-0.25, -0.2) is 4.98 Å². The van der Waals surface area contributed by atoms with Crippen molar-refractivity contribution >= 4 is 16.9 Å². The Labute approximate surface area is 158 Å². The number of rotatable bonds is 4. The molecule has 1 aliphatic rings. The van der Waals surface area contributed by atoms with E-state index in [1.165, 1.54) is 5.56 Å². The first-order valence-electron chi connectivity index (χ1n) is 9.74. The van der Waals surface area contributed by atoms with Crippen molar-refractivity contribution in [2.45, 2.75) is 52.5 Å². The molecule has 2 aromatic heterocycles. The molecule has 3 heterocycles. The van der Waals surface area contributed by atoms with Crippen LogP contribution in [0.4, 0.5) is 0 Å². The van der Waals surface area contributed by atoms with E-state index in [1.54, 1.807) is 6.07 Å². The maximum Gasteiger partial charge on any atom is 0.276 e. The molecule has 142 valence electrons. The minimum absolute atomic E-state index is 0.0517. The van der Waals surface area contributed by atoms with Crippen LogP contribution in [-0.2, 0) is 6.42 Å². The van der Waals surface area contributed by atoms with Gasteiger partial charge in [-0.2, -0.15) is 0 Å². The molecule has 1 fully saturated rings. The molecule has 3 aromatic rings. The zero-order chi connectivity index (χ0) is 19.0. The maximum absolute atomic E-state index is 13.1. The molecule has 1 saturated heterocycles. The van der Waals surface area contributed by atoms with Crippen LogP contribution in [-0.4, -0.2) is 32.5 Å². The summed E-state index contributed by atoms with van der Waals surface area (Å²) in [5, 5.41) is 4.03. The molecule has 0 aliphatic carbocycles. The Balaban J connectivity index is 1.61. The average molecular weight is 366 g/mol. The van der Waals surface area contributed by atoms with Crippen LogP contribution in [0.5, 0.6) is 0 Å². The quantitative estimate of drug-likeness (QED) is 0.741. The molecule has 0 saturated carbocycles. The summed E-state index contributed by atoms with van der Waals surface area (Å²) < 4.78 is 5.37. The van der Waals surface area contributed by atoms with E-state index in [2.05, 4.69) is 43.0 Å². The first-order chi connectivity index (χ1) is 13.0. The van der Waals surface area contributed by atoms with Gasteiger partial charge in [0.2, 0.25) is 0 Å². The number of hydrogen-bond acceptors (Lipinski definition) is 4. The van der Waals surface area contributed by atoms with Gasteiger partial charge in [0.25, 0.3) is 5.91 Å². The van der Waals surface area contributed by atoms with Gasteiger partial charge in [-0.15, -0.1) is 0 Å². The van der Waals surface area contributed by atoms with Crippen LogP contribution in [0, 0.1) is 12.8 Å². The SMILES string of the molecule is Cc1ccc2nc(C3CCCCN3C(=O)c3cc(CC(C)C)on3)[nH]c2c1. The van der Waals surface area contributed by atoms with Crippen molar-refractivity contribution in [3.05, 3.63) is 47.1 Å². The van der Waals surface area contributed by atoms with Gasteiger partial charge in [0.05, 0.1) is 17.1 Å². The Bertz CT molecular complexity index is 956. The summed E-state index contributed by atoms with van der Waals surface area (Å²) in [4.78, 5) is 23.2. The van der Waals surface area contributed by atoms with Gasteiger partial charge < -0.3 is 14.4 Å². The molecule has 1 atom stereocenters. The Morgan fingerprint density at radius 1 is 1.33 bits per heavy atom. The molecule has 1 aromatic carbocycles. The molecule has 4 rings (SSSR count). The van der Waals surface area contributed by atoms with Crippen LogP contribution in [0.2, 0.25) is 0 Å². The molecule has 6 nitrogen and oxygen atoms in total. The van der Waals surface area contributed by atoms with Gasteiger partial charge in [-0.1, -0.05) is 25.1 Å². The summed E-state index contributed by atoms with van der Waals surface area (Å²) in [6.07, 6.45) is 3.77. The lowest BCUT2D eigenvalue weighted by molar-refractivity contribution is 0.0590. The Morgan fingerprint density at radius 3 is 3.00 bits per heavy atom. The Hall–Kier alpha value is -2.63. The fourth-order valence-corrected chi connectivity index (χ4v) is 3.82. The number of likely N-dealkylation sites (tertiary alicyclic amines) is 1. The van der Waals surface area contributed by atoms with Crippen LogP contribution < -0.4 is 0 Å². The number of H-pyrrole nitrogens is 1. The molecule has 0 bridgehead atoms. The average Bonchev–Trinajstić information content (AvgIpc) is 3.27. The normalized spacial score (nSPS) is 17.8. The number of imidazole rings is 1. The molecular formula is C21H26N4O2. The molecule has 1 amide bonds. The van der Waals surface area contributed by atoms with Crippen LogP contribution in [0.3, 0.4) is 0 Å². The third-order valence-corrected chi connectivity index (χ3v) is 5.12. The number of carbonyl (C=O) groups is 1. The van der Waals surface area contributed by atoms with E-state index in [0.29, 0.717) is 18.2 Å². The first-order valence-corrected chi connectivity index (χ1v) is 9.74. The summed E-state index contributed by atoms with van der Waals surface area (Å²) in [7, 11) is 0. The number of carbonyl (C=O) groups excluding carboxylic acids is 1. The van der Waals surface area contributed by atoms with E-state index < -0.39 is 0 Å². The highest BCUT2D eigenvalue weighted by Crippen LogP contribution is 2.32. The van der Waals surface area contributed by atoms with Crippen LogP contribution in [0.1, 0.15) is 66.8 Å². The minimum Gasteiger partial charge on any atom is -0.361 e. The fraction of sp³-hybridized carbons (Fsp3) is 0.476. The Kier molecular flexibility index (Phi) is 4.72. The lowest BCUT2D eigenvalue weighted by Crippen LogP contribution is -2.39. The van der Waals surface area contributed by atoms with Gasteiger partial charge in [0.15, 0.2) is 5.69 Å². The van der Waals surface area contributed by atoms with Gasteiger partial charge in [-0.3, -0.25) is 4.79 Å². The molecular weight excluding hydrogens is 340 g/mol. The molecule has 1 N–H and O–H groups in total. The van der Waals surface area contributed by atoms with E-state index in [1.807, 2.05) is 11.0 Å². The molecule has 27 heavy (non-hydrogen) atoms. The third-order valence-electron chi connectivity index (χ3n) is 5.12. The molecule has 0 spiro atoms. The van der Waals surface area contributed by atoms with Crippen molar-refractivity contribution in [3.63, 3.8) is 0 Å². The smallest absolute Gasteiger partial charge is 0.276 e. The first kappa shape index (κ1) is 17.8. The third kappa shape index (κ3) is 3.61. The van der Waals surface area contributed by atoms with Crippen molar-refractivity contribution in [1.29, 1.82) is 0 Å². The van der Waals surface area contributed by atoms with E-state index in [0.717, 1.165) is 48.3 Å². The maximum atomic E-state index is 13.1. The number of aromatic nitrogens is 3. The van der Waals surface area contributed by atoms with Crippen molar-refractivity contribution in [1.82, 2.24) is 20.0 Å². The van der Waals surface area contributed by atoms with Crippen LogP contribution in [0.15, 0.2) is 28.8 Å². The number of benzene rings is 1. The second-order valence-electron chi connectivity index (χ2n) is 7.93. The highest BCUT2D eigenvalue weighted by atomic mass is 16.5. The number of hydrogen-bond donors (Lipinski definition) is 1. The van der Waals surface area contributed by atoms with E-state index in [-0.39, 0.29) is 11.9 Å². The lowest BCUT2D eigenvalue weighted by Gasteiger charge is -2.33. The number of nitrogens with zero attached hydrogens (tertiary/aromatic N) is 3. The molecule has 1 aliphatic heterocycles. The van der Waals surface area contributed by atoms with Gasteiger partial charge >= 0.3 is 0 Å². The highest BCUT2D eigenvalue weighted by molar-refractivity contribution is 5.92. The zero-order valence-electron chi connectivity index (χ0n) is 16.2. The van der Waals surface area contributed by atoms with Crippen molar-refractivity contribution < 1.29 is 9.32 Å². The van der Waals surface area contributed by atoms with E-state index in [4.69, 9.17) is 9.51 Å². The van der Waals surface area contributed by atoms with E-state index in [9.17, 15) is 4.79 Å². The largest absolute Gasteiger partial charge is 0.361 e. The standard InChI is InChI=1S/C21H26N4O2/c1-13(2)10-15-12-18(24-27-15)21(26)25-9-5-4-6-19(25)20-22-16-8-7-14(3)11-17(16)23-20/h7-8,11-13,19H,4-6,9-10H2,1-3H3,(H,22,23). The van der Waals surface area contributed by atoms with Crippen molar-refractivity contribution in [3.8, 4) is 0 Å². The predicted molar refractivity (Wildman–Crippen MR) is 104 cm³/mol. The van der Waals surface area contributed by atoms with Crippen LogP contribution in [0.25, 0.3) is 11.0 Å². The lowest BCUT2D eigenvalue weighted by atomic mass is 10.0. The van der Waals surface area contributed by atoms with Crippen molar-refractivity contribution in [2.75, 3.05) is 6.54 Å². The predicted octanol–water partition coefficient (Wildman–Crippen LogP) is 4.43. The number of nitrogens with one attached hydrogen (secondary N) is 1. The topological polar surface area (TPSA) is 75.0 Å². The highest BCUT2D eigenvalue weighted by Gasteiger charge is 2.32.